The number of halogens is 1. The molecule has 14 heavy (non-hydrogen) atoms. The molecule has 0 saturated carbocycles. The van der Waals surface area contributed by atoms with Gasteiger partial charge < -0.3 is 0 Å². The molecule has 76 valence electrons. The van der Waals surface area contributed by atoms with Crippen molar-refractivity contribution in [3.8, 4) is 0 Å². The molecule has 0 spiro atoms. The molecule has 1 aromatic carbocycles. The van der Waals surface area contributed by atoms with E-state index in [1.807, 2.05) is 0 Å². The molecule has 0 aromatic heterocycles. The van der Waals surface area contributed by atoms with Crippen LogP contribution < -0.4 is 0 Å². The van der Waals surface area contributed by atoms with Crippen molar-refractivity contribution in [2.24, 2.45) is 0 Å². The first-order chi connectivity index (χ1) is 6.54. The highest BCUT2D eigenvalue weighted by Crippen LogP contribution is 2.21. The van der Waals surface area contributed by atoms with Crippen LogP contribution in [0, 0.1) is 0 Å². The van der Waals surface area contributed by atoms with Crippen molar-refractivity contribution in [2.75, 3.05) is 5.75 Å². The zero-order valence-electron chi connectivity index (χ0n) is 7.31. The molecule has 0 bridgehead atoms. The molecule has 0 aliphatic heterocycles. The van der Waals surface area contributed by atoms with Crippen molar-refractivity contribution in [3.05, 3.63) is 36.9 Å². The molecule has 0 amide bonds. The largest absolute Gasteiger partial charge is 0.261 e. The van der Waals surface area contributed by atoms with Gasteiger partial charge in [0.05, 0.1) is 4.90 Å². The molecule has 1 rings (SSSR count). The lowest BCUT2D eigenvalue weighted by Gasteiger charge is -1.99. The Kier molecular flexibility index (Phi) is 4.04. The molecular formula is C9H9ClO2S2. The van der Waals surface area contributed by atoms with E-state index < -0.39 is 9.05 Å². The summed E-state index contributed by atoms with van der Waals surface area (Å²) in [5.74, 6) is 0.799. The molecule has 0 aliphatic carbocycles. The quantitative estimate of drug-likeness (QED) is 0.467. The van der Waals surface area contributed by atoms with Gasteiger partial charge in [0.1, 0.15) is 0 Å². The van der Waals surface area contributed by atoms with Gasteiger partial charge in [-0.3, -0.25) is 0 Å². The van der Waals surface area contributed by atoms with Crippen molar-refractivity contribution >= 4 is 31.5 Å². The fourth-order valence-corrected chi connectivity index (χ4v) is 2.26. The smallest absolute Gasteiger partial charge is 0.207 e. The Morgan fingerprint density at radius 2 is 1.93 bits per heavy atom. The van der Waals surface area contributed by atoms with Crippen molar-refractivity contribution in [3.63, 3.8) is 0 Å². The third-order valence-electron chi connectivity index (χ3n) is 1.47. The Bertz CT molecular complexity index is 409. The van der Waals surface area contributed by atoms with Crippen LogP contribution in [0.3, 0.4) is 0 Å². The second kappa shape index (κ2) is 4.87. The highest BCUT2D eigenvalue weighted by atomic mass is 35.7. The third kappa shape index (κ3) is 3.36. The van der Waals surface area contributed by atoms with Crippen LogP contribution in [-0.4, -0.2) is 14.2 Å². The van der Waals surface area contributed by atoms with Crippen LogP contribution in [0.5, 0.6) is 0 Å². The molecule has 0 aliphatic rings. The van der Waals surface area contributed by atoms with E-state index in [2.05, 4.69) is 6.58 Å². The summed E-state index contributed by atoms with van der Waals surface area (Å²) in [7, 11) is 1.57. The molecule has 0 atom stereocenters. The van der Waals surface area contributed by atoms with Crippen LogP contribution in [0.4, 0.5) is 0 Å². The Balaban J connectivity index is 2.84. The SMILES string of the molecule is C=CCSc1ccc(S(=O)(=O)Cl)cc1. The summed E-state index contributed by atoms with van der Waals surface area (Å²) in [6, 6.07) is 6.44. The van der Waals surface area contributed by atoms with Gasteiger partial charge in [-0.05, 0) is 24.3 Å². The molecular weight excluding hydrogens is 240 g/mol. The maximum absolute atomic E-state index is 10.9. The van der Waals surface area contributed by atoms with E-state index in [1.165, 1.54) is 12.1 Å². The van der Waals surface area contributed by atoms with Gasteiger partial charge in [0, 0.05) is 21.3 Å². The van der Waals surface area contributed by atoms with E-state index >= 15 is 0 Å². The summed E-state index contributed by atoms with van der Waals surface area (Å²) in [6.07, 6.45) is 1.79. The molecule has 0 unspecified atom stereocenters. The van der Waals surface area contributed by atoms with Crippen LogP contribution in [0.1, 0.15) is 0 Å². The second-order valence-corrected chi connectivity index (χ2v) is 6.17. The lowest BCUT2D eigenvalue weighted by molar-refractivity contribution is 0.609. The van der Waals surface area contributed by atoms with E-state index in [0.717, 1.165) is 10.6 Å². The number of rotatable bonds is 4. The minimum atomic E-state index is -3.60. The molecule has 0 radical (unpaired) electrons. The van der Waals surface area contributed by atoms with E-state index in [1.54, 1.807) is 30.0 Å². The summed E-state index contributed by atoms with van der Waals surface area (Å²) < 4.78 is 21.8. The molecule has 5 heteroatoms. The zero-order valence-corrected chi connectivity index (χ0v) is 9.70. The maximum Gasteiger partial charge on any atom is 0.261 e. The average Bonchev–Trinajstić information content (AvgIpc) is 2.14. The van der Waals surface area contributed by atoms with E-state index in [9.17, 15) is 8.42 Å². The van der Waals surface area contributed by atoms with Crippen LogP contribution in [0.25, 0.3) is 0 Å². The monoisotopic (exact) mass is 248 g/mol. The Morgan fingerprint density at radius 3 is 2.36 bits per heavy atom. The van der Waals surface area contributed by atoms with Crippen molar-refractivity contribution in [1.29, 1.82) is 0 Å². The fraction of sp³-hybridized carbons (Fsp3) is 0.111. The molecule has 0 N–H and O–H groups in total. The van der Waals surface area contributed by atoms with E-state index in [0.29, 0.717) is 0 Å². The second-order valence-electron chi connectivity index (χ2n) is 2.51. The highest BCUT2D eigenvalue weighted by molar-refractivity contribution is 8.13. The van der Waals surface area contributed by atoms with Crippen LogP contribution in [-0.2, 0) is 9.05 Å². The third-order valence-corrected chi connectivity index (χ3v) is 3.85. The number of hydrogen-bond donors (Lipinski definition) is 0. The summed E-state index contributed by atoms with van der Waals surface area (Å²) in [5, 5.41) is 0. The number of thioether (sulfide) groups is 1. The first-order valence-electron chi connectivity index (χ1n) is 3.82. The number of benzene rings is 1. The van der Waals surface area contributed by atoms with Gasteiger partial charge in [0.15, 0.2) is 0 Å². The summed E-state index contributed by atoms with van der Waals surface area (Å²) in [5.41, 5.74) is 0. The van der Waals surface area contributed by atoms with Gasteiger partial charge in [-0.15, -0.1) is 18.3 Å². The lowest BCUT2D eigenvalue weighted by atomic mass is 10.4. The minimum absolute atomic E-state index is 0.127. The zero-order chi connectivity index (χ0) is 10.6. The van der Waals surface area contributed by atoms with Crippen molar-refractivity contribution < 1.29 is 8.42 Å². The van der Waals surface area contributed by atoms with Crippen molar-refractivity contribution in [2.45, 2.75) is 9.79 Å². The Labute approximate surface area is 92.4 Å². The standard InChI is InChI=1S/C9H9ClO2S2/c1-2-7-13-8-3-5-9(6-4-8)14(10,11)12/h2-6H,1,7H2. The molecule has 1 aromatic rings. The average molecular weight is 249 g/mol. The van der Waals surface area contributed by atoms with Gasteiger partial charge in [-0.25, -0.2) is 8.42 Å². The van der Waals surface area contributed by atoms with E-state index in [4.69, 9.17) is 10.7 Å². The van der Waals surface area contributed by atoms with Crippen molar-refractivity contribution in [1.82, 2.24) is 0 Å². The van der Waals surface area contributed by atoms with Crippen LogP contribution in [0.2, 0.25) is 0 Å². The van der Waals surface area contributed by atoms with Crippen LogP contribution in [0.15, 0.2) is 46.7 Å². The molecule has 0 heterocycles. The van der Waals surface area contributed by atoms with Gasteiger partial charge in [0.2, 0.25) is 0 Å². The van der Waals surface area contributed by atoms with Gasteiger partial charge in [-0.2, -0.15) is 0 Å². The minimum Gasteiger partial charge on any atom is -0.207 e. The molecule has 0 fully saturated rings. The molecule has 2 nitrogen and oxygen atoms in total. The summed E-state index contributed by atoms with van der Waals surface area (Å²) in [6.45, 7) is 3.59. The highest BCUT2D eigenvalue weighted by Gasteiger charge is 2.08. The Hall–Kier alpha value is -0.450. The predicted molar refractivity (Wildman–Crippen MR) is 60.4 cm³/mol. The van der Waals surface area contributed by atoms with Gasteiger partial charge in [-0.1, -0.05) is 6.08 Å². The van der Waals surface area contributed by atoms with E-state index in [-0.39, 0.29) is 4.90 Å². The fourth-order valence-electron chi connectivity index (χ4n) is 0.854. The van der Waals surface area contributed by atoms with Gasteiger partial charge in [0.25, 0.3) is 9.05 Å². The van der Waals surface area contributed by atoms with Crippen LogP contribution >= 0.6 is 22.4 Å². The first kappa shape index (κ1) is 11.6. The number of hydrogen-bond acceptors (Lipinski definition) is 3. The van der Waals surface area contributed by atoms with Gasteiger partial charge >= 0.3 is 0 Å². The Morgan fingerprint density at radius 1 is 1.36 bits per heavy atom. The summed E-state index contributed by atoms with van der Waals surface area (Å²) >= 11 is 1.58. The summed E-state index contributed by atoms with van der Waals surface area (Å²) in [4.78, 5) is 1.12. The molecule has 0 saturated heterocycles. The topological polar surface area (TPSA) is 34.1 Å². The first-order valence-corrected chi connectivity index (χ1v) is 7.12. The lowest BCUT2D eigenvalue weighted by Crippen LogP contribution is -1.89. The normalized spacial score (nSPS) is 11.2. The predicted octanol–water partition coefficient (Wildman–Crippen LogP) is 2.89. The maximum atomic E-state index is 10.9.